The van der Waals surface area contributed by atoms with Gasteiger partial charge in [0.1, 0.15) is 24.4 Å². The van der Waals surface area contributed by atoms with E-state index in [2.05, 4.69) is 43.5 Å². The second kappa shape index (κ2) is 36.7. The van der Waals surface area contributed by atoms with Crippen LogP contribution < -0.4 is 5.32 Å². The molecule has 1 aliphatic rings. The number of rotatable bonds is 37. The first-order valence-electron chi connectivity index (χ1n) is 22.7. The lowest BCUT2D eigenvalue weighted by Crippen LogP contribution is -2.60. The Kier molecular flexibility index (Phi) is 34.3. The SMILES string of the molecule is CCC/C=C/CC/C=C/CC/C=C/C(O)C(COC1OC(CO)C(O)C(O)C1O)NC(=O)CCCCCCCCCCCCCCCCCCCCCCC. The molecule has 0 aromatic rings. The highest BCUT2D eigenvalue weighted by molar-refractivity contribution is 5.76. The van der Waals surface area contributed by atoms with Crippen molar-refractivity contribution in [3.8, 4) is 0 Å². The van der Waals surface area contributed by atoms with Crippen LogP contribution >= 0.6 is 0 Å². The molecule has 0 aromatic carbocycles. The number of aliphatic hydroxyl groups excluding tert-OH is 5. The van der Waals surface area contributed by atoms with E-state index in [-0.39, 0.29) is 12.5 Å². The van der Waals surface area contributed by atoms with Crippen molar-refractivity contribution in [3.05, 3.63) is 36.5 Å². The van der Waals surface area contributed by atoms with Gasteiger partial charge in [-0.25, -0.2) is 0 Å². The molecule has 322 valence electrons. The van der Waals surface area contributed by atoms with E-state index in [0.717, 1.165) is 57.8 Å². The van der Waals surface area contributed by atoms with Gasteiger partial charge in [-0.2, -0.15) is 0 Å². The molecule has 1 amide bonds. The van der Waals surface area contributed by atoms with E-state index in [9.17, 15) is 30.3 Å². The molecule has 1 heterocycles. The second-order valence-corrected chi connectivity index (χ2v) is 15.8. The van der Waals surface area contributed by atoms with Gasteiger partial charge in [-0.05, 0) is 38.5 Å². The molecule has 0 bridgehead atoms. The van der Waals surface area contributed by atoms with Gasteiger partial charge < -0.3 is 40.3 Å². The molecule has 1 saturated heterocycles. The molecule has 9 nitrogen and oxygen atoms in total. The number of carbonyl (C=O) groups is 1. The molecule has 0 saturated carbocycles. The summed E-state index contributed by atoms with van der Waals surface area (Å²) in [5, 5.41) is 54.0. The van der Waals surface area contributed by atoms with Gasteiger partial charge in [0, 0.05) is 6.42 Å². The van der Waals surface area contributed by atoms with E-state index >= 15 is 0 Å². The monoisotopic (exact) mass is 780 g/mol. The summed E-state index contributed by atoms with van der Waals surface area (Å²) in [4.78, 5) is 12.9. The summed E-state index contributed by atoms with van der Waals surface area (Å²) in [6, 6.07) is -0.823. The summed E-state index contributed by atoms with van der Waals surface area (Å²) in [7, 11) is 0. The average Bonchev–Trinajstić information content (AvgIpc) is 3.18. The summed E-state index contributed by atoms with van der Waals surface area (Å²) >= 11 is 0. The molecule has 55 heavy (non-hydrogen) atoms. The van der Waals surface area contributed by atoms with Crippen molar-refractivity contribution in [2.75, 3.05) is 13.2 Å². The maximum atomic E-state index is 12.9. The van der Waals surface area contributed by atoms with Gasteiger partial charge >= 0.3 is 0 Å². The zero-order valence-electron chi connectivity index (χ0n) is 35.2. The summed E-state index contributed by atoms with van der Waals surface area (Å²) in [6.07, 6.45) is 37.7. The Hall–Kier alpha value is -1.59. The Bertz CT molecular complexity index is 956. The minimum Gasteiger partial charge on any atom is -0.394 e. The van der Waals surface area contributed by atoms with E-state index in [1.165, 1.54) is 116 Å². The van der Waals surface area contributed by atoms with Crippen LogP contribution in [0.15, 0.2) is 36.5 Å². The van der Waals surface area contributed by atoms with Gasteiger partial charge in [-0.1, -0.05) is 185 Å². The van der Waals surface area contributed by atoms with Crippen molar-refractivity contribution in [2.24, 2.45) is 0 Å². The first kappa shape index (κ1) is 51.4. The Morgan fingerprint density at radius 1 is 0.600 bits per heavy atom. The quantitative estimate of drug-likeness (QED) is 0.0270. The predicted octanol–water partition coefficient (Wildman–Crippen LogP) is 9.28. The lowest BCUT2D eigenvalue weighted by atomic mass is 9.99. The van der Waals surface area contributed by atoms with E-state index in [1.807, 2.05) is 6.08 Å². The maximum absolute atomic E-state index is 12.9. The fourth-order valence-electron chi connectivity index (χ4n) is 7.02. The van der Waals surface area contributed by atoms with Crippen molar-refractivity contribution < 1.29 is 39.8 Å². The normalized spacial score (nSPS) is 21.6. The van der Waals surface area contributed by atoms with E-state index in [1.54, 1.807) is 6.08 Å². The van der Waals surface area contributed by atoms with Crippen LogP contribution in [0.2, 0.25) is 0 Å². The van der Waals surface area contributed by atoms with Crippen molar-refractivity contribution >= 4 is 5.91 Å². The Morgan fingerprint density at radius 3 is 1.49 bits per heavy atom. The highest BCUT2D eigenvalue weighted by Crippen LogP contribution is 2.22. The zero-order chi connectivity index (χ0) is 40.2. The number of carbonyl (C=O) groups excluding carboxylic acids is 1. The van der Waals surface area contributed by atoms with E-state index in [0.29, 0.717) is 6.42 Å². The fourth-order valence-corrected chi connectivity index (χ4v) is 7.02. The minimum absolute atomic E-state index is 0.191. The highest BCUT2D eigenvalue weighted by Gasteiger charge is 2.44. The van der Waals surface area contributed by atoms with Crippen molar-refractivity contribution in [3.63, 3.8) is 0 Å². The number of unbranched alkanes of at least 4 members (excludes halogenated alkanes) is 23. The van der Waals surface area contributed by atoms with Crippen LogP contribution in [0.5, 0.6) is 0 Å². The van der Waals surface area contributed by atoms with Crippen LogP contribution in [0, 0.1) is 0 Å². The summed E-state index contributed by atoms with van der Waals surface area (Å²) in [6.45, 7) is 3.67. The van der Waals surface area contributed by atoms with Crippen LogP contribution in [0.4, 0.5) is 0 Å². The van der Waals surface area contributed by atoms with Crippen molar-refractivity contribution in [1.82, 2.24) is 5.32 Å². The average molecular weight is 780 g/mol. The van der Waals surface area contributed by atoms with Gasteiger partial charge in [0.25, 0.3) is 0 Å². The largest absolute Gasteiger partial charge is 0.394 e. The first-order valence-corrected chi connectivity index (χ1v) is 22.7. The molecular formula is C46H85NO8. The smallest absolute Gasteiger partial charge is 0.220 e. The molecule has 0 aromatic heterocycles. The molecule has 1 rings (SSSR count). The topological polar surface area (TPSA) is 149 Å². The van der Waals surface area contributed by atoms with Gasteiger partial charge in [-0.3, -0.25) is 4.79 Å². The van der Waals surface area contributed by atoms with Crippen LogP contribution in [-0.2, 0) is 14.3 Å². The number of allylic oxidation sites excluding steroid dienone is 5. The third-order valence-electron chi connectivity index (χ3n) is 10.7. The lowest BCUT2D eigenvalue weighted by Gasteiger charge is -2.40. The standard InChI is InChI=1S/C46H85NO8/c1-3-5-7-9-11-13-15-16-17-18-19-20-21-22-23-24-26-28-30-32-34-36-42(50)47-39(38-54-46-45(53)44(52)43(51)41(37-48)55-46)40(49)35-33-31-29-27-25-14-12-10-8-6-4-2/h8,10,25,27,33,35,39-41,43-46,48-49,51-53H,3-7,9,11-24,26,28-32,34,36-38H2,1-2H3,(H,47,50)/b10-8+,27-25+,35-33+. The molecule has 7 unspecified atom stereocenters. The lowest BCUT2D eigenvalue weighted by molar-refractivity contribution is -0.302. The molecule has 1 fully saturated rings. The third-order valence-corrected chi connectivity index (χ3v) is 10.7. The minimum atomic E-state index is -1.57. The number of hydrogen-bond donors (Lipinski definition) is 6. The predicted molar refractivity (Wildman–Crippen MR) is 226 cm³/mol. The summed E-state index contributed by atoms with van der Waals surface area (Å²) in [5.74, 6) is -0.191. The van der Waals surface area contributed by atoms with E-state index < -0.39 is 49.5 Å². The molecule has 1 aliphatic heterocycles. The molecule has 0 radical (unpaired) electrons. The Balaban J connectivity index is 2.30. The van der Waals surface area contributed by atoms with Gasteiger partial charge in [-0.15, -0.1) is 0 Å². The van der Waals surface area contributed by atoms with Crippen LogP contribution in [0.1, 0.15) is 194 Å². The van der Waals surface area contributed by atoms with Crippen LogP contribution in [0.25, 0.3) is 0 Å². The fraction of sp³-hybridized carbons (Fsp3) is 0.848. The Morgan fingerprint density at radius 2 is 1.04 bits per heavy atom. The van der Waals surface area contributed by atoms with Crippen LogP contribution in [-0.4, -0.2) is 87.5 Å². The van der Waals surface area contributed by atoms with E-state index in [4.69, 9.17) is 9.47 Å². The zero-order valence-corrected chi connectivity index (χ0v) is 35.2. The number of aliphatic hydroxyl groups is 5. The second-order valence-electron chi connectivity index (χ2n) is 15.8. The van der Waals surface area contributed by atoms with Gasteiger partial charge in [0.05, 0.1) is 25.4 Å². The summed E-state index contributed by atoms with van der Waals surface area (Å²) < 4.78 is 11.2. The number of ether oxygens (including phenoxy) is 2. The molecule has 9 heteroatoms. The molecule has 0 aliphatic carbocycles. The maximum Gasteiger partial charge on any atom is 0.220 e. The van der Waals surface area contributed by atoms with Gasteiger partial charge in [0.2, 0.25) is 5.91 Å². The van der Waals surface area contributed by atoms with Crippen molar-refractivity contribution in [1.29, 1.82) is 0 Å². The third kappa shape index (κ3) is 27.6. The molecular weight excluding hydrogens is 695 g/mol. The molecule has 6 N–H and O–H groups in total. The van der Waals surface area contributed by atoms with Crippen LogP contribution in [0.3, 0.4) is 0 Å². The van der Waals surface area contributed by atoms with Gasteiger partial charge in [0.15, 0.2) is 6.29 Å². The number of hydrogen-bond acceptors (Lipinski definition) is 8. The molecule has 7 atom stereocenters. The number of amides is 1. The molecule has 0 spiro atoms. The summed E-state index contributed by atoms with van der Waals surface area (Å²) in [5.41, 5.74) is 0. The Labute approximate surface area is 336 Å². The first-order chi connectivity index (χ1) is 26.8. The van der Waals surface area contributed by atoms with Crippen molar-refractivity contribution in [2.45, 2.75) is 236 Å². The number of nitrogens with one attached hydrogen (secondary N) is 1. The highest BCUT2D eigenvalue weighted by atomic mass is 16.7.